The number of benzene rings is 1. The second-order valence-electron chi connectivity index (χ2n) is 5.95. The van der Waals surface area contributed by atoms with E-state index >= 15 is 0 Å². The summed E-state index contributed by atoms with van der Waals surface area (Å²) in [5.41, 5.74) is 1.10. The minimum atomic E-state index is -0.747. The van der Waals surface area contributed by atoms with Gasteiger partial charge in [0.05, 0.1) is 17.6 Å². The van der Waals surface area contributed by atoms with Crippen molar-refractivity contribution in [2.75, 3.05) is 0 Å². The van der Waals surface area contributed by atoms with Crippen molar-refractivity contribution >= 4 is 11.6 Å². The van der Waals surface area contributed by atoms with Gasteiger partial charge in [-0.15, -0.1) is 0 Å². The van der Waals surface area contributed by atoms with E-state index in [-0.39, 0.29) is 0 Å². The van der Waals surface area contributed by atoms with Gasteiger partial charge in [0, 0.05) is 5.02 Å². The summed E-state index contributed by atoms with van der Waals surface area (Å²) in [4.78, 5) is 0. The Hall–Kier alpha value is -1.04. The van der Waals surface area contributed by atoms with Crippen molar-refractivity contribution in [2.24, 2.45) is 5.41 Å². The molecule has 2 nitrogen and oxygen atoms in total. The number of nitriles is 1. The SMILES string of the molecule is Cc1ccc(C(O)C2(C#N)CCCCCCC2)cc1Cl. The summed E-state index contributed by atoms with van der Waals surface area (Å²) in [6, 6.07) is 8.03. The summed E-state index contributed by atoms with van der Waals surface area (Å²) in [6.45, 7) is 1.94. The van der Waals surface area contributed by atoms with Crippen LogP contribution in [0.2, 0.25) is 5.02 Å². The number of halogens is 1. The van der Waals surface area contributed by atoms with Gasteiger partial charge in [0.25, 0.3) is 0 Å². The van der Waals surface area contributed by atoms with Crippen LogP contribution in [0.1, 0.15) is 62.2 Å². The first kappa shape index (κ1) is 15.4. The lowest BCUT2D eigenvalue weighted by molar-refractivity contribution is 0.0434. The zero-order valence-corrected chi connectivity index (χ0v) is 12.8. The molecule has 1 atom stereocenters. The highest BCUT2D eigenvalue weighted by Crippen LogP contribution is 2.44. The Morgan fingerprint density at radius 2 is 1.80 bits per heavy atom. The van der Waals surface area contributed by atoms with Gasteiger partial charge in [0.1, 0.15) is 0 Å². The van der Waals surface area contributed by atoms with Crippen molar-refractivity contribution in [3.8, 4) is 6.07 Å². The third kappa shape index (κ3) is 3.16. The molecule has 108 valence electrons. The summed E-state index contributed by atoms with van der Waals surface area (Å²) < 4.78 is 0. The van der Waals surface area contributed by atoms with Crippen LogP contribution in [0, 0.1) is 23.7 Å². The summed E-state index contributed by atoms with van der Waals surface area (Å²) in [5.74, 6) is 0. The molecule has 0 saturated heterocycles. The number of aryl methyl sites for hydroxylation is 1. The summed E-state index contributed by atoms with van der Waals surface area (Å²) in [5, 5.41) is 21.1. The van der Waals surface area contributed by atoms with Crippen molar-refractivity contribution in [1.82, 2.24) is 0 Å². The van der Waals surface area contributed by atoms with E-state index < -0.39 is 11.5 Å². The molecule has 0 radical (unpaired) electrons. The summed E-state index contributed by atoms with van der Waals surface area (Å²) >= 11 is 6.15. The zero-order valence-electron chi connectivity index (χ0n) is 12.0. The van der Waals surface area contributed by atoms with Crippen molar-refractivity contribution in [3.63, 3.8) is 0 Å². The molecular weight excluding hydrogens is 270 g/mol. The van der Waals surface area contributed by atoms with Crippen LogP contribution in [-0.4, -0.2) is 5.11 Å². The molecule has 0 heterocycles. The predicted octanol–water partition coefficient (Wildman–Crippen LogP) is 4.94. The first-order valence-electron chi connectivity index (χ1n) is 7.44. The van der Waals surface area contributed by atoms with Crippen molar-refractivity contribution in [3.05, 3.63) is 34.3 Å². The van der Waals surface area contributed by atoms with Gasteiger partial charge in [-0.25, -0.2) is 0 Å². The Morgan fingerprint density at radius 1 is 1.20 bits per heavy atom. The molecule has 0 aromatic heterocycles. The van der Waals surface area contributed by atoms with Crippen LogP contribution in [0.3, 0.4) is 0 Å². The van der Waals surface area contributed by atoms with Crippen molar-refractivity contribution in [1.29, 1.82) is 5.26 Å². The topological polar surface area (TPSA) is 44.0 Å². The third-order valence-corrected chi connectivity index (χ3v) is 4.91. The molecule has 1 fully saturated rings. The molecule has 1 saturated carbocycles. The fourth-order valence-electron chi connectivity index (χ4n) is 3.08. The predicted molar refractivity (Wildman–Crippen MR) is 81.5 cm³/mol. The molecule has 1 aromatic carbocycles. The van der Waals surface area contributed by atoms with Crippen LogP contribution >= 0.6 is 11.6 Å². The number of rotatable bonds is 2. The van der Waals surface area contributed by atoms with Gasteiger partial charge in [-0.1, -0.05) is 55.8 Å². The Bertz CT molecular complexity index is 498. The van der Waals surface area contributed by atoms with Crippen LogP contribution < -0.4 is 0 Å². The molecule has 0 spiro atoms. The quantitative estimate of drug-likeness (QED) is 0.839. The van der Waals surface area contributed by atoms with E-state index in [1.54, 1.807) is 6.07 Å². The largest absolute Gasteiger partial charge is 0.387 e. The van der Waals surface area contributed by atoms with Crippen LogP contribution in [0.5, 0.6) is 0 Å². The Kier molecular flexibility index (Phi) is 5.07. The number of aliphatic hydroxyl groups is 1. The normalized spacial score (nSPS) is 20.5. The molecule has 1 aliphatic rings. The Balaban J connectivity index is 2.28. The van der Waals surface area contributed by atoms with E-state index in [4.69, 9.17) is 11.6 Å². The average molecular weight is 292 g/mol. The Labute approximate surface area is 126 Å². The molecule has 0 bridgehead atoms. The number of aliphatic hydroxyl groups excluding tert-OH is 1. The molecular formula is C17H22ClNO. The minimum Gasteiger partial charge on any atom is -0.387 e. The van der Waals surface area contributed by atoms with Crippen LogP contribution in [0.4, 0.5) is 0 Å². The second-order valence-corrected chi connectivity index (χ2v) is 6.35. The molecule has 1 aliphatic carbocycles. The zero-order chi connectivity index (χ0) is 14.6. The third-order valence-electron chi connectivity index (χ3n) is 4.50. The number of hydrogen-bond donors (Lipinski definition) is 1. The van der Waals surface area contributed by atoms with Gasteiger partial charge in [-0.05, 0) is 37.0 Å². The van der Waals surface area contributed by atoms with E-state index in [1.165, 1.54) is 6.42 Å². The van der Waals surface area contributed by atoms with Crippen LogP contribution in [0.15, 0.2) is 18.2 Å². The highest BCUT2D eigenvalue weighted by Gasteiger charge is 2.38. The van der Waals surface area contributed by atoms with Crippen LogP contribution in [0.25, 0.3) is 0 Å². The molecule has 1 unspecified atom stereocenters. The first-order valence-corrected chi connectivity index (χ1v) is 7.82. The maximum Gasteiger partial charge on any atom is 0.0976 e. The minimum absolute atomic E-state index is 0.653. The molecule has 1 aromatic rings. The smallest absolute Gasteiger partial charge is 0.0976 e. The standard InChI is InChI=1S/C17H22ClNO/c1-13-7-8-14(11-15(13)18)16(20)17(12-19)9-5-3-2-4-6-10-17/h7-8,11,16,20H,2-6,9-10H2,1H3. The highest BCUT2D eigenvalue weighted by atomic mass is 35.5. The van der Waals surface area contributed by atoms with Gasteiger partial charge in [-0.3, -0.25) is 0 Å². The lowest BCUT2D eigenvalue weighted by Crippen LogP contribution is -2.28. The highest BCUT2D eigenvalue weighted by molar-refractivity contribution is 6.31. The monoisotopic (exact) mass is 291 g/mol. The maximum absolute atomic E-state index is 10.7. The molecule has 0 amide bonds. The molecule has 3 heteroatoms. The van der Waals surface area contributed by atoms with E-state index in [1.807, 2.05) is 19.1 Å². The lowest BCUT2D eigenvalue weighted by Gasteiger charge is -2.33. The summed E-state index contributed by atoms with van der Waals surface area (Å²) in [6.07, 6.45) is 6.40. The van der Waals surface area contributed by atoms with Gasteiger partial charge >= 0.3 is 0 Å². The molecule has 2 rings (SSSR count). The fraction of sp³-hybridized carbons (Fsp3) is 0.588. The van der Waals surface area contributed by atoms with Gasteiger partial charge in [0.15, 0.2) is 0 Å². The number of nitrogens with zero attached hydrogens (tertiary/aromatic N) is 1. The van der Waals surface area contributed by atoms with Gasteiger partial charge < -0.3 is 5.11 Å². The van der Waals surface area contributed by atoms with Crippen molar-refractivity contribution in [2.45, 2.75) is 58.0 Å². The molecule has 1 N–H and O–H groups in total. The van der Waals surface area contributed by atoms with Crippen LogP contribution in [-0.2, 0) is 0 Å². The number of hydrogen-bond acceptors (Lipinski definition) is 2. The van der Waals surface area contributed by atoms with E-state index in [0.717, 1.165) is 49.7 Å². The fourth-order valence-corrected chi connectivity index (χ4v) is 3.27. The molecule has 20 heavy (non-hydrogen) atoms. The van der Waals surface area contributed by atoms with Gasteiger partial charge in [-0.2, -0.15) is 5.26 Å². The second kappa shape index (κ2) is 6.61. The van der Waals surface area contributed by atoms with E-state index in [0.29, 0.717) is 5.02 Å². The average Bonchev–Trinajstić information content (AvgIpc) is 2.42. The Morgan fingerprint density at radius 3 is 2.35 bits per heavy atom. The molecule has 0 aliphatic heterocycles. The van der Waals surface area contributed by atoms with Gasteiger partial charge in [0.2, 0.25) is 0 Å². The maximum atomic E-state index is 10.7. The van der Waals surface area contributed by atoms with E-state index in [2.05, 4.69) is 6.07 Å². The first-order chi connectivity index (χ1) is 9.59. The van der Waals surface area contributed by atoms with E-state index in [9.17, 15) is 10.4 Å². The van der Waals surface area contributed by atoms with Crippen molar-refractivity contribution < 1.29 is 5.11 Å². The lowest BCUT2D eigenvalue weighted by atomic mass is 9.71. The summed E-state index contributed by atoms with van der Waals surface area (Å²) in [7, 11) is 0.